The number of rotatable bonds is 6. The van der Waals surface area contributed by atoms with Crippen LogP contribution in [0.3, 0.4) is 0 Å². The highest BCUT2D eigenvalue weighted by atomic mass is 19.1. The number of nitrogens with zero attached hydrogens (tertiary/aromatic N) is 3. The van der Waals surface area contributed by atoms with E-state index in [1.807, 2.05) is 0 Å². The van der Waals surface area contributed by atoms with Gasteiger partial charge in [-0.15, -0.1) is 10.2 Å². The van der Waals surface area contributed by atoms with Crippen LogP contribution in [0.4, 0.5) is 14.5 Å². The second-order valence-electron chi connectivity index (χ2n) is 7.17. The normalized spacial score (nSPS) is 13.4. The predicted molar refractivity (Wildman–Crippen MR) is 108 cm³/mol. The summed E-state index contributed by atoms with van der Waals surface area (Å²) in [7, 11) is 0. The lowest BCUT2D eigenvalue weighted by Crippen LogP contribution is -2.16. The van der Waals surface area contributed by atoms with Crippen molar-refractivity contribution in [2.75, 3.05) is 11.9 Å². The van der Waals surface area contributed by atoms with Gasteiger partial charge >= 0.3 is 0 Å². The van der Waals surface area contributed by atoms with E-state index in [0.29, 0.717) is 11.4 Å². The van der Waals surface area contributed by atoms with Crippen molar-refractivity contribution in [3.8, 4) is 17.1 Å². The maximum atomic E-state index is 14.3. The van der Waals surface area contributed by atoms with Gasteiger partial charge in [-0.1, -0.05) is 18.6 Å². The zero-order chi connectivity index (χ0) is 20.9. The van der Waals surface area contributed by atoms with Crippen LogP contribution in [0.1, 0.15) is 31.5 Å². The summed E-state index contributed by atoms with van der Waals surface area (Å²) in [6, 6.07) is 10.5. The van der Waals surface area contributed by atoms with E-state index >= 15 is 0 Å². The number of carbonyl (C=O) groups is 1. The van der Waals surface area contributed by atoms with Crippen molar-refractivity contribution >= 4 is 11.6 Å². The van der Waals surface area contributed by atoms with Gasteiger partial charge in [-0.25, -0.2) is 8.78 Å². The van der Waals surface area contributed by atoms with Crippen molar-refractivity contribution in [3.63, 3.8) is 0 Å². The lowest BCUT2D eigenvalue weighted by atomic mass is 10.1. The monoisotopic (exact) mass is 412 g/mol. The van der Waals surface area contributed by atoms with E-state index in [4.69, 9.17) is 4.74 Å². The third-order valence-electron chi connectivity index (χ3n) is 5.03. The summed E-state index contributed by atoms with van der Waals surface area (Å²) >= 11 is 0. The highest BCUT2D eigenvalue weighted by molar-refractivity contribution is 5.91. The average Bonchev–Trinajstić information content (AvgIpc) is 2.99. The highest BCUT2D eigenvalue weighted by Crippen LogP contribution is 2.26. The number of nitrogens with one attached hydrogen (secondary N) is 1. The van der Waals surface area contributed by atoms with Crippen molar-refractivity contribution in [1.29, 1.82) is 0 Å². The molecule has 30 heavy (non-hydrogen) atoms. The van der Waals surface area contributed by atoms with Gasteiger partial charge in [0.2, 0.25) is 5.91 Å². The molecule has 2 heterocycles. The lowest BCUT2D eigenvalue weighted by Gasteiger charge is -2.11. The Hall–Kier alpha value is -3.29. The second-order valence-corrected chi connectivity index (χ2v) is 7.17. The van der Waals surface area contributed by atoms with Crippen LogP contribution in [0.25, 0.3) is 11.4 Å². The fourth-order valence-corrected chi connectivity index (χ4v) is 3.49. The quantitative estimate of drug-likeness (QED) is 0.653. The molecule has 1 aromatic heterocycles. The van der Waals surface area contributed by atoms with Gasteiger partial charge in [0.25, 0.3) is 0 Å². The molecule has 1 N–H and O–H groups in total. The van der Waals surface area contributed by atoms with Crippen molar-refractivity contribution < 1.29 is 18.3 Å². The lowest BCUT2D eigenvalue weighted by molar-refractivity contribution is -0.116. The Bertz CT molecular complexity index is 1050. The van der Waals surface area contributed by atoms with Crippen LogP contribution >= 0.6 is 0 Å². The number of carbonyl (C=O) groups excluding carboxylic acids is 1. The van der Waals surface area contributed by atoms with E-state index in [1.54, 1.807) is 24.3 Å². The molecule has 0 fully saturated rings. The fourth-order valence-electron chi connectivity index (χ4n) is 3.49. The number of ether oxygens (including phenoxy) is 1. The molecule has 1 aliphatic heterocycles. The molecular weight excluding hydrogens is 390 g/mol. The number of hydrogen-bond acceptors (Lipinski definition) is 4. The molecule has 1 amide bonds. The molecule has 4 rings (SSSR count). The summed E-state index contributed by atoms with van der Waals surface area (Å²) in [5.41, 5.74) is 0.754. The standard InChI is InChI=1S/C22H22F2N4O2/c23-16-10-9-15(22-27-26-20-8-2-1-5-12-28(20)22)14-18(16)25-21(29)11-13-30-19-7-4-3-6-17(19)24/h3-4,6-7,9-10,14H,1-2,5,8,11-13H2,(H,25,29). The Morgan fingerprint density at radius 1 is 1.07 bits per heavy atom. The Morgan fingerprint density at radius 3 is 2.80 bits per heavy atom. The van der Waals surface area contributed by atoms with Crippen LogP contribution in [0, 0.1) is 11.6 Å². The highest BCUT2D eigenvalue weighted by Gasteiger charge is 2.17. The molecule has 0 spiro atoms. The third kappa shape index (κ3) is 4.48. The van der Waals surface area contributed by atoms with Crippen LogP contribution < -0.4 is 10.1 Å². The fraction of sp³-hybridized carbons (Fsp3) is 0.318. The number of amides is 1. The SMILES string of the molecule is O=C(CCOc1ccccc1F)Nc1cc(-c2nnc3n2CCCCC3)ccc1F. The van der Waals surface area contributed by atoms with E-state index in [2.05, 4.69) is 20.1 Å². The van der Waals surface area contributed by atoms with Crippen LogP contribution in [0.2, 0.25) is 0 Å². The number of hydrogen-bond donors (Lipinski definition) is 1. The Kier molecular flexibility index (Phi) is 6.02. The Balaban J connectivity index is 1.43. The average molecular weight is 412 g/mol. The Morgan fingerprint density at radius 2 is 1.93 bits per heavy atom. The topological polar surface area (TPSA) is 69.0 Å². The van der Waals surface area contributed by atoms with Gasteiger partial charge < -0.3 is 14.6 Å². The Labute approximate surface area is 172 Å². The van der Waals surface area contributed by atoms with Gasteiger partial charge in [0, 0.05) is 18.5 Å². The number of benzene rings is 2. The predicted octanol–water partition coefficient (Wildman–Crippen LogP) is 4.36. The van der Waals surface area contributed by atoms with Crippen LogP contribution in [-0.4, -0.2) is 27.3 Å². The zero-order valence-corrected chi connectivity index (χ0v) is 16.4. The molecule has 3 aromatic rings. The van der Waals surface area contributed by atoms with E-state index in [0.717, 1.165) is 38.1 Å². The minimum atomic E-state index is -0.544. The van der Waals surface area contributed by atoms with E-state index in [9.17, 15) is 13.6 Å². The van der Waals surface area contributed by atoms with Crippen molar-refractivity contribution in [2.45, 2.75) is 38.6 Å². The van der Waals surface area contributed by atoms with E-state index < -0.39 is 17.5 Å². The van der Waals surface area contributed by atoms with Gasteiger partial charge in [0.05, 0.1) is 18.7 Å². The number of fused-ring (bicyclic) bond motifs is 1. The van der Waals surface area contributed by atoms with Crippen molar-refractivity contribution in [2.24, 2.45) is 0 Å². The number of para-hydroxylation sites is 1. The molecule has 156 valence electrons. The van der Waals surface area contributed by atoms with Crippen LogP contribution in [0.15, 0.2) is 42.5 Å². The van der Waals surface area contributed by atoms with E-state index in [1.165, 1.54) is 18.2 Å². The maximum Gasteiger partial charge on any atom is 0.227 e. The molecule has 8 heteroatoms. The van der Waals surface area contributed by atoms with E-state index in [-0.39, 0.29) is 24.5 Å². The number of halogens is 2. The molecule has 2 aromatic carbocycles. The largest absolute Gasteiger partial charge is 0.490 e. The molecular formula is C22H22F2N4O2. The summed E-state index contributed by atoms with van der Waals surface area (Å²) in [5.74, 6) is 0.211. The summed E-state index contributed by atoms with van der Waals surface area (Å²) in [6.45, 7) is 0.801. The number of anilines is 1. The molecule has 0 radical (unpaired) electrons. The minimum Gasteiger partial charge on any atom is -0.490 e. The molecule has 0 unspecified atom stereocenters. The van der Waals surface area contributed by atoms with Gasteiger partial charge in [0.15, 0.2) is 17.4 Å². The number of aromatic nitrogens is 3. The summed E-state index contributed by atoms with van der Waals surface area (Å²) in [4.78, 5) is 12.2. The summed E-state index contributed by atoms with van der Waals surface area (Å²) < 4.78 is 35.2. The molecule has 1 aliphatic rings. The third-order valence-corrected chi connectivity index (χ3v) is 5.03. The first-order chi connectivity index (χ1) is 14.6. The molecule has 6 nitrogen and oxygen atoms in total. The first-order valence-electron chi connectivity index (χ1n) is 10.0. The smallest absolute Gasteiger partial charge is 0.227 e. The minimum absolute atomic E-state index is 0.0221. The maximum absolute atomic E-state index is 14.3. The summed E-state index contributed by atoms with van der Waals surface area (Å²) in [6.07, 6.45) is 4.10. The van der Waals surface area contributed by atoms with Gasteiger partial charge in [0.1, 0.15) is 11.6 Å². The van der Waals surface area contributed by atoms with Crippen molar-refractivity contribution in [1.82, 2.24) is 14.8 Å². The molecule has 0 saturated carbocycles. The molecule has 0 atom stereocenters. The van der Waals surface area contributed by atoms with Crippen molar-refractivity contribution in [3.05, 3.63) is 59.9 Å². The number of aryl methyl sites for hydroxylation is 1. The van der Waals surface area contributed by atoms with Gasteiger partial charge in [-0.05, 0) is 43.2 Å². The summed E-state index contributed by atoms with van der Waals surface area (Å²) in [5, 5.41) is 11.1. The zero-order valence-electron chi connectivity index (χ0n) is 16.4. The molecule has 0 aliphatic carbocycles. The first kappa shape index (κ1) is 20.0. The molecule has 0 saturated heterocycles. The van der Waals surface area contributed by atoms with Gasteiger partial charge in [-0.3, -0.25) is 4.79 Å². The van der Waals surface area contributed by atoms with Crippen LogP contribution in [-0.2, 0) is 17.8 Å². The second kappa shape index (κ2) is 9.02. The van der Waals surface area contributed by atoms with Crippen LogP contribution in [0.5, 0.6) is 5.75 Å². The van der Waals surface area contributed by atoms with Gasteiger partial charge in [-0.2, -0.15) is 0 Å². The molecule has 0 bridgehead atoms. The first-order valence-corrected chi connectivity index (χ1v) is 10.0.